The summed E-state index contributed by atoms with van der Waals surface area (Å²) in [7, 11) is 3.09. The van der Waals surface area contributed by atoms with Crippen LogP contribution in [0.25, 0.3) is 6.08 Å². The smallest absolute Gasteiger partial charge is 0.331 e. The summed E-state index contributed by atoms with van der Waals surface area (Å²) in [6.45, 7) is 5.23. The van der Waals surface area contributed by atoms with E-state index in [1.54, 1.807) is 38.5 Å². The standard InChI is InChI=1S/C17H23NO5/c1-17(2,3)18-15(19)11-23-16(20)7-6-12-8-13(21-4)10-14(9-12)22-5/h6-10H,11H2,1-5H3,(H,18,19)/b7-6+. The fourth-order valence-electron chi connectivity index (χ4n) is 1.73. The van der Waals surface area contributed by atoms with Crippen LogP contribution in [0, 0.1) is 0 Å². The molecular formula is C17H23NO5. The highest BCUT2D eigenvalue weighted by molar-refractivity contribution is 5.89. The van der Waals surface area contributed by atoms with Crippen LogP contribution in [0.3, 0.4) is 0 Å². The van der Waals surface area contributed by atoms with Gasteiger partial charge in [-0.15, -0.1) is 0 Å². The molecule has 0 heterocycles. The molecule has 1 rings (SSSR count). The van der Waals surface area contributed by atoms with Gasteiger partial charge in [0.05, 0.1) is 14.2 Å². The molecule has 6 heteroatoms. The Bertz CT molecular complexity index is 565. The fourth-order valence-corrected chi connectivity index (χ4v) is 1.73. The lowest BCUT2D eigenvalue weighted by Gasteiger charge is -2.20. The molecule has 1 aromatic carbocycles. The van der Waals surface area contributed by atoms with Crippen molar-refractivity contribution >= 4 is 18.0 Å². The molecule has 0 aromatic heterocycles. The van der Waals surface area contributed by atoms with Gasteiger partial charge >= 0.3 is 5.97 Å². The molecule has 1 amide bonds. The maximum Gasteiger partial charge on any atom is 0.331 e. The van der Waals surface area contributed by atoms with Gasteiger partial charge in [0.25, 0.3) is 5.91 Å². The lowest BCUT2D eigenvalue weighted by molar-refractivity contribution is -0.144. The van der Waals surface area contributed by atoms with Gasteiger partial charge in [-0.2, -0.15) is 0 Å². The zero-order valence-corrected chi connectivity index (χ0v) is 14.1. The van der Waals surface area contributed by atoms with E-state index in [-0.39, 0.29) is 18.1 Å². The average Bonchev–Trinajstić information content (AvgIpc) is 2.48. The molecule has 1 N–H and O–H groups in total. The molecule has 0 aliphatic heterocycles. The second-order valence-corrected chi connectivity index (χ2v) is 5.89. The van der Waals surface area contributed by atoms with Gasteiger partial charge < -0.3 is 19.5 Å². The number of methoxy groups -OCH3 is 2. The third kappa shape index (κ3) is 7.35. The Balaban J connectivity index is 2.60. The van der Waals surface area contributed by atoms with E-state index < -0.39 is 5.97 Å². The number of rotatable bonds is 6. The lowest BCUT2D eigenvalue weighted by Crippen LogP contribution is -2.42. The minimum Gasteiger partial charge on any atom is -0.497 e. The summed E-state index contributed by atoms with van der Waals surface area (Å²) in [5.41, 5.74) is 0.355. The minimum atomic E-state index is -0.601. The Morgan fingerprint density at radius 1 is 1.09 bits per heavy atom. The number of carbonyl (C=O) groups excluding carboxylic acids is 2. The first kappa shape index (κ1) is 18.5. The maximum absolute atomic E-state index is 11.6. The van der Waals surface area contributed by atoms with Gasteiger partial charge in [0.15, 0.2) is 6.61 Å². The first-order valence-electron chi connectivity index (χ1n) is 7.12. The Hall–Kier alpha value is -2.50. The quantitative estimate of drug-likeness (QED) is 0.642. The van der Waals surface area contributed by atoms with Gasteiger partial charge in [0, 0.05) is 17.7 Å². The Kier molecular flexibility index (Phi) is 6.63. The van der Waals surface area contributed by atoms with Crippen molar-refractivity contribution < 1.29 is 23.8 Å². The molecule has 0 radical (unpaired) electrons. The Labute approximate surface area is 136 Å². The van der Waals surface area contributed by atoms with E-state index >= 15 is 0 Å². The molecule has 0 fully saturated rings. The second-order valence-electron chi connectivity index (χ2n) is 5.89. The van der Waals surface area contributed by atoms with Gasteiger partial charge in [-0.3, -0.25) is 4.79 Å². The lowest BCUT2D eigenvalue weighted by atomic mass is 10.1. The zero-order chi connectivity index (χ0) is 17.5. The number of esters is 1. The van der Waals surface area contributed by atoms with Crippen LogP contribution in [0.1, 0.15) is 26.3 Å². The molecule has 0 spiro atoms. The SMILES string of the molecule is COc1cc(/C=C/C(=O)OCC(=O)NC(C)(C)C)cc(OC)c1. The monoisotopic (exact) mass is 321 g/mol. The van der Waals surface area contributed by atoms with E-state index in [2.05, 4.69) is 5.32 Å². The highest BCUT2D eigenvalue weighted by Gasteiger charge is 2.14. The molecule has 0 unspecified atom stereocenters. The summed E-state index contributed by atoms with van der Waals surface area (Å²) in [5.74, 6) is 0.280. The number of carbonyl (C=O) groups is 2. The molecule has 1 aromatic rings. The van der Waals surface area contributed by atoms with Crippen LogP contribution in [0.5, 0.6) is 11.5 Å². The summed E-state index contributed by atoms with van der Waals surface area (Å²) in [6, 6.07) is 5.23. The van der Waals surface area contributed by atoms with Crippen LogP contribution in [0.4, 0.5) is 0 Å². The molecule has 0 bridgehead atoms. The van der Waals surface area contributed by atoms with Gasteiger partial charge in [-0.05, 0) is 44.5 Å². The van der Waals surface area contributed by atoms with Gasteiger partial charge in [0.1, 0.15) is 11.5 Å². The summed E-state index contributed by atoms with van der Waals surface area (Å²) >= 11 is 0. The van der Waals surface area contributed by atoms with Crippen molar-refractivity contribution in [2.75, 3.05) is 20.8 Å². The van der Waals surface area contributed by atoms with Crippen molar-refractivity contribution in [2.24, 2.45) is 0 Å². The third-order valence-electron chi connectivity index (χ3n) is 2.65. The highest BCUT2D eigenvalue weighted by atomic mass is 16.5. The van der Waals surface area contributed by atoms with Crippen LogP contribution >= 0.6 is 0 Å². The second kappa shape index (κ2) is 8.22. The summed E-state index contributed by atoms with van der Waals surface area (Å²) < 4.78 is 15.2. The molecule has 0 saturated heterocycles. The molecule has 6 nitrogen and oxygen atoms in total. The maximum atomic E-state index is 11.6. The number of benzene rings is 1. The number of ether oxygens (including phenoxy) is 3. The molecular weight excluding hydrogens is 298 g/mol. The van der Waals surface area contributed by atoms with Crippen molar-refractivity contribution in [3.8, 4) is 11.5 Å². The zero-order valence-electron chi connectivity index (χ0n) is 14.1. The molecule has 126 valence electrons. The summed E-state index contributed by atoms with van der Waals surface area (Å²) in [4.78, 5) is 23.2. The number of hydrogen-bond donors (Lipinski definition) is 1. The molecule has 23 heavy (non-hydrogen) atoms. The van der Waals surface area contributed by atoms with Crippen LogP contribution in [0.2, 0.25) is 0 Å². The van der Waals surface area contributed by atoms with Crippen molar-refractivity contribution in [2.45, 2.75) is 26.3 Å². The third-order valence-corrected chi connectivity index (χ3v) is 2.65. The van der Waals surface area contributed by atoms with Crippen LogP contribution in [-0.4, -0.2) is 38.2 Å². The largest absolute Gasteiger partial charge is 0.497 e. The van der Waals surface area contributed by atoms with E-state index in [0.29, 0.717) is 11.5 Å². The minimum absolute atomic E-state index is 0.318. The number of hydrogen-bond acceptors (Lipinski definition) is 5. The topological polar surface area (TPSA) is 73.9 Å². The van der Waals surface area contributed by atoms with E-state index in [0.717, 1.165) is 5.56 Å². The predicted molar refractivity (Wildman–Crippen MR) is 87.4 cm³/mol. The average molecular weight is 321 g/mol. The Morgan fingerprint density at radius 2 is 1.65 bits per heavy atom. The van der Waals surface area contributed by atoms with E-state index in [1.807, 2.05) is 20.8 Å². The van der Waals surface area contributed by atoms with Gasteiger partial charge in [0.2, 0.25) is 0 Å². The van der Waals surface area contributed by atoms with Crippen molar-refractivity contribution in [1.29, 1.82) is 0 Å². The van der Waals surface area contributed by atoms with Crippen molar-refractivity contribution in [3.05, 3.63) is 29.8 Å². The van der Waals surface area contributed by atoms with Gasteiger partial charge in [-0.25, -0.2) is 4.79 Å². The van der Waals surface area contributed by atoms with E-state index in [1.165, 1.54) is 6.08 Å². The molecule has 0 aliphatic carbocycles. The normalized spacial score (nSPS) is 11.2. The van der Waals surface area contributed by atoms with Crippen LogP contribution in [-0.2, 0) is 14.3 Å². The van der Waals surface area contributed by atoms with Crippen molar-refractivity contribution in [3.63, 3.8) is 0 Å². The molecule has 0 aliphatic rings. The Morgan fingerprint density at radius 3 is 2.13 bits per heavy atom. The fraction of sp³-hybridized carbons (Fsp3) is 0.412. The first-order chi connectivity index (χ1) is 10.7. The predicted octanol–water partition coefficient (Wildman–Crippen LogP) is 2.17. The summed E-state index contributed by atoms with van der Waals surface area (Å²) in [6.07, 6.45) is 2.81. The molecule has 0 saturated carbocycles. The van der Waals surface area contributed by atoms with Gasteiger partial charge in [-0.1, -0.05) is 0 Å². The van der Waals surface area contributed by atoms with E-state index in [9.17, 15) is 9.59 Å². The highest BCUT2D eigenvalue weighted by Crippen LogP contribution is 2.23. The van der Waals surface area contributed by atoms with Crippen LogP contribution in [0.15, 0.2) is 24.3 Å². The molecule has 0 atom stereocenters. The summed E-state index contributed by atoms with van der Waals surface area (Å²) in [5, 5.41) is 2.71. The van der Waals surface area contributed by atoms with Crippen molar-refractivity contribution in [1.82, 2.24) is 5.32 Å². The number of nitrogens with one attached hydrogen (secondary N) is 1. The first-order valence-corrected chi connectivity index (χ1v) is 7.12. The van der Waals surface area contributed by atoms with Crippen LogP contribution < -0.4 is 14.8 Å². The number of amides is 1. The van der Waals surface area contributed by atoms with E-state index in [4.69, 9.17) is 14.2 Å².